The predicted molar refractivity (Wildman–Crippen MR) is 122 cm³/mol. The van der Waals surface area contributed by atoms with Crippen molar-refractivity contribution in [3.8, 4) is 11.5 Å². The van der Waals surface area contributed by atoms with Gasteiger partial charge in [0, 0.05) is 36.7 Å². The van der Waals surface area contributed by atoms with E-state index in [0.717, 1.165) is 17.7 Å². The second-order valence-corrected chi connectivity index (χ2v) is 7.66. The summed E-state index contributed by atoms with van der Waals surface area (Å²) in [6.07, 6.45) is -8.20. The second-order valence-electron chi connectivity index (χ2n) is 7.66. The minimum absolute atomic E-state index is 0.0267. The molecule has 0 fully saturated rings. The molecule has 2 amide bonds. The average molecular weight is 504 g/mol. The van der Waals surface area contributed by atoms with Gasteiger partial charge in [-0.1, -0.05) is 12.1 Å². The van der Waals surface area contributed by atoms with Crippen molar-refractivity contribution in [1.82, 2.24) is 10.3 Å². The van der Waals surface area contributed by atoms with Gasteiger partial charge in [0.05, 0.1) is 5.56 Å². The lowest BCUT2D eigenvalue weighted by Crippen LogP contribution is -2.52. The van der Waals surface area contributed by atoms with Gasteiger partial charge in [-0.25, -0.2) is 0 Å². The Hall–Kier alpha value is -4.35. The topological polar surface area (TPSA) is 102 Å². The monoisotopic (exact) mass is 504 g/mol. The third-order valence-electron chi connectivity index (χ3n) is 5.07. The summed E-state index contributed by atoms with van der Waals surface area (Å²) in [7, 11) is 0. The summed E-state index contributed by atoms with van der Waals surface area (Å²) in [5.74, 6) is -2.13. The lowest BCUT2D eigenvalue weighted by atomic mass is 10.1. The SMILES string of the molecule is CCNC(=O)c1cc(CNc2ccccc2C(=O)Nc2ccc3c(c2)OC(F)(F)C(F)(F)O3)ccn1. The highest BCUT2D eigenvalue weighted by Crippen LogP contribution is 2.47. The summed E-state index contributed by atoms with van der Waals surface area (Å²) in [5, 5.41) is 8.31. The molecule has 0 aliphatic carbocycles. The number of alkyl halides is 4. The Balaban J connectivity index is 1.47. The number of hydrogen-bond donors (Lipinski definition) is 3. The number of hydrogen-bond acceptors (Lipinski definition) is 6. The van der Waals surface area contributed by atoms with Gasteiger partial charge in [0.25, 0.3) is 11.8 Å². The molecule has 2 aromatic carbocycles. The summed E-state index contributed by atoms with van der Waals surface area (Å²) in [6, 6.07) is 13.0. The molecule has 0 radical (unpaired) electrons. The Bertz CT molecular complexity index is 1300. The fourth-order valence-electron chi connectivity index (χ4n) is 3.34. The van der Waals surface area contributed by atoms with Gasteiger partial charge in [-0.2, -0.15) is 17.6 Å². The maximum absolute atomic E-state index is 13.5. The first-order valence-electron chi connectivity index (χ1n) is 10.7. The van der Waals surface area contributed by atoms with Crippen LogP contribution in [0.1, 0.15) is 33.3 Å². The molecule has 1 aliphatic heterocycles. The number of amides is 2. The molecular formula is C24H20F4N4O4. The number of carbonyl (C=O) groups excluding carboxylic acids is 2. The number of benzene rings is 2. The first-order valence-corrected chi connectivity index (χ1v) is 10.7. The first-order chi connectivity index (χ1) is 17.1. The van der Waals surface area contributed by atoms with Gasteiger partial charge in [-0.3, -0.25) is 14.6 Å². The lowest BCUT2D eigenvalue weighted by Gasteiger charge is -2.31. The Labute approximate surface area is 202 Å². The Morgan fingerprint density at radius 1 is 0.917 bits per heavy atom. The van der Waals surface area contributed by atoms with E-state index < -0.39 is 29.6 Å². The van der Waals surface area contributed by atoms with E-state index in [2.05, 4.69) is 30.4 Å². The number of anilines is 2. The van der Waals surface area contributed by atoms with Crippen LogP contribution in [0.2, 0.25) is 0 Å². The quantitative estimate of drug-likeness (QED) is 0.405. The van der Waals surface area contributed by atoms with E-state index in [1.807, 2.05) is 0 Å². The number of carbonyl (C=O) groups is 2. The lowest BCUT2D eigenvalue weighted by molar-refractivity contribution is -0.391. The van der Waals surface area contributed by atoms with Crippen molar-refractivity contribution in [3.63, 3.8) is 0 Å². The fourth-order valence-corrected chi connectivity index (χ4v) is 3.34. The van der Waals surface area contributed by atoms with Gasteiger partial charge >= 0.3 is 12.2 Å². The number of ether oxygens (including phenoxy) is 2. The highest BCUT2D eigenvalue weighted by molar-refractivity contribution is 6.08. The molecule has 1 aliphatic rings. The molecular weight excluding hydrogens is 484 g/mol. The molecule has 0 atom stereocenters. The van der Waals surface area contributed by atoms with E-state index in [1.165, 1.54) is 18.3 Å². The van der Waals surface area contributed by atoms with Crippen molar-refractivity contribution in [2.24, 2.45) is 0 Å². The number of fused-ring (bicyclic) bond motifs is 1. The zero-order valence-corrected chi connectivity index (χ0v) is 18.8. The molecule has 2 heterocycles. The van der Waals surface area contributed by atoms with Crippen LogP contribution in [-0.2, 0) is 6.54 Å². The minimum Gasteiger partial charge on any atom is -0.421 e. The molecule has 1 aromatic heterocycles. The second kappa shape index (κ2) is 9.72. The molecule has 188 valence electrons. The molecule has 0 saturated heterocycles. The van der Waals surface area contributed by atoms with E-state index in [1.54, 1.807) is 37.3 Å². The van der Waals surface area contributed by atoms with E-state index in [9.17, 15) is 27.2 Å². The molecule has 3 N–H and O–H groups in total. The molecule has 0 unspecified atom stereocenters. The van der Waals surface area contributed by atoms with Crippen molar-refractivity contribution in [1.29, 1.82) is 0 Å². The van der Waals surface area contributed by atoms with Crippen molar-refractivity contribution < 1.29 is 36.6 Å². The molecule has 8 nitrogen and oxygen atoms in total. The molecule has 36 heavy (non-hydrogen) atoms. The fraction of sp³-hybridized carbons (Fsp3) is 0.208. The predicted octanol–water partition coefficient (Wildman–Crippen LogP) is 4.65. The van der Waals surface area contributed by atoms with Crippen LogP contribution >= 0.6 is 0 Å². The number of halogens is 4. The van der Waals surface area contributed by atoms with Gasteiger partial charge in [0.15, 0.2) is 11.5 Å². The number of pyridine rings is 1. The maximum Gasteiger partial charge on any atom is 0.507 e. The highest BCUT2D eigenvalue weighted by atomic mass is 19.3. The Kier molecular flexibility index (Phi) is 6.69. The molecule has 12 heteroatoms. The smallest absolute Gasteiger partial charge is 0.421 e. The first kappa shape index (κ1) is 24.8. The normalized spacial score (nSPS) is 15.0. The van der Waals surface area contributed by atoms with Crippen molar-refractivity contribution in [2.75, 3.05) is 17.2 Å². The Morgan fingerprint density at radius 3 is 2.39 bits per heavy atom. The molecule has 0 saturated carbocycles. The van der Waals surface area contributed by atoms with E-state index in [0.29, 0.717) is 12.2 Å². The van der Waals surface area contributed by atoms with Gasteiger partial charge in [0.2, 0.25) is 0 Å². The van der Waals surface area contributed by atoms with Crippen LogP contribution in [0.15, 0.2) is 60.8 Å². The molecule has 0 spiro atoms. The number of nitrogens with one attached hydrogen (secondary N) is 3. The molecule has 0 bridgehead atoms. The van der Waals surface area contributed by atoms with Crippen LogP contribution in [0.4, 0.5) is 28.9 Å². The van der Waals surface area contributed by atoms with E-state index >= 15 is 0 Å². The van der Waals surface area contributed by atoms with E-state index in [4.69, 9.17) is 0 Å². The van der Waals surface area contributed by atoms with Crippen LogP contribution < -0.4 is 25.4 Å². The highest BCUT2D eigenvalue weighted by Gasteiger charge is 2.65. The molecule has 3 aromatic rings. The zero-order chi connectivity index (χ0) is 25.9. The third kappa shape index (κ3) is 5.16. The van der Waals surface area contributed by atoms with Crippen molar-refractivity contribution in [2.45, 2.75) is 25.7 Å². The average Bonchev–Trinajstić information content (AvgIpc) is 2.84. The number of aromatic nitrogens is 1. The van der Waals surface area contributed by atoms with E-state index in [-0.39, 0.29) is 29.4 Å². The minimum atomic E-state index is -4.87. The van der Waals surface area contributed by atoms with Gasteiger partial charge in [-0.15, -0.1) is 0 Å². The van der Waals surface area contributed by atoms with Gasteiger partial charge in [0.1, 0.15) is 5.69 Å². The largest absolute Gasteiger partial charge is 0.507 e. The van der Waals surface area contributed by atoms with Crippen LogP contribution in [0, 0.1) is 0 Å². The summed E-state index contributed by atoms with van der Waals surface area (Å²) in [5.41, 5.74) is 1.70. The van der Waals surface area contributed by atoms with Gasteiger partial charge < -0.3 is 25.4 Å². The number of rotatable bonds is 7. The summed E-state index contributed by atoms with van der Waals surface area (Å²) in [4.78, 5) is 29.0. The van der Waals surface area contributed by atoms with Crippen molar-refractivity contribution >= 4 is 23.2 Å². The van der Waals surface area contributed by atoms with Crippen LogP contribution in [0.25, 0.3) is 0 Å². The summed E-state index contributed by atoms with van der Waals surface area (Å²) >= 11 is 0. The zero-order valence-electron chi connectivity index (χ0n) is 18.8. The van der Waals surface area contributed by atoms with Crippen LogP contribution in [-0.4, -0.2) is 35.6 Å². The van der Waals surface area contributed by atoms with Crippen LogP contribution in [0.3, 0.4) is 0 Å². The van der Waals surface area contributed by atoms with Crippen LogP contribution in [0.5, 0.6) is 11.5 Å². The number of para-hydroxylation sites is 1. The maximum atomic E-state index is 13.5. The molecule has 4 rings (SSSR count). The summed E-state index contributed by atoms with van der Waals surface area (Å²) in [6.45, 7) is 2.53. The third-order valence-corrected chi connectivity index (χ3v) is 5.07. The Morgan fingerprint density at radius 2 is 1.64 bits per heavy atom. The van der Waals surface area contributed by atoms with Gasteiger partial charge in [-0.05, 0) is 48.9 Å². The standard InChI is InChI=1S/C24H20F4N4O4/c1-2-29-22(34)18-11-14(9-10-30-18)13-31-17-6-4-3-5-16(17)21(33)32-15-7-8-19-20(12-15)36-24(27,28)23(25,26)35-19/h3-12,31H,2,13H2,1H3,(H,29,34)(H,32,33). The number of nitrogens with zero attached hydrogens (tertiary/aromatic N) is 1. The van der Waals surface area contributed by atoms with Crippen molar-refractivity contribution in [3.05, 3.63) is 77.6 Å². The summed E-state index contributed by atoms with van der Waals surface area (Å²) < 4.78 is 61.8.